The maximum atomic E-state index is 8.92. The van der Waals surface area contributed by atoms with Crippen molar-refractivity contribution in [1.29, 1.82) is 0 Å². The third-order valence-corrected chi connectivity index (χ3v) is 2.47. The van der Waals surface area contributed by atoms with E-state index >= 15 is 0 Å². The van der Waals surface area contributed by atoms with Gasteiger partial charge in [0.25, 0.3) is 0 Å². The Kier molecular flexibility index (Phi) is 15.8. The molecule has 0 aliphatic heterocycles. The molecule has 5 heteroatoms. The second-order valence-corrected chi connectivity index (χ2v) is 4.77. The first kappa shape index (κ1) is 21.1. The van der Waals surface area contributed by atoms with Gasteiger partial charge in [-0.15, -0.1) is 0 Å². The Morgan fingerprint density at radius 1 is 0.895 bits per heavy atom. The van der Waals surface area contributed by atoms with Crippen LogP contribution in [0.1, 0.15) is 41.0 Å². The summed E-state index contributed by atoms with van der Waals surface area (Å²) in [5.41, 5.74) is 0. The standard InChI is InChI=1S/C9H20O4.C5H12O/c1-7(11)5-12-9(3)6-13-8(2)4-10;1-4-5(2)6-3/h7-11H,4-6H2,1-3H3;5H,4H2,1-3H3. The van der Waals surface area contributed by atoms with Gasteiger partial charge >= 0.3 is 0 Å². The molecule has 0 aliphatic rings. The molecule has 118 valence electrons. The van der Waals surface area contributed by atoms with Crippen molar-refractivity contribution in [2.24, 2.45) is 0 Å². The first-order chi connectivity index (χ1) is 8.87. The summed E-state index contributed by atoms with van der Waals surface area (Å²) in [6.07, 6.45) is 0.889. The fourth-order valence-electron chi connectivity index (χ4n) is 0.871. The molecule has 0 heterocycles. The summed E-state index contributed by atoms with van der Waals surface area (Å²) >= 11 is 0. The number of aliphatic hydroxyl groups excluding tert-OH is 2. The Morgan fingerprint density at radius 2 is 1.42 bits per heavy atom. The van der Waals surface area contributed by atoms with Crippen molar-refractivity contribution in [2.45, 2.75) is 65.5 Å². The van der Waals surface area contributed by atoms with E-state index in [1.165, 1.54) is 0 Å². The van der Waals surface area contributed by atoms with Gasteiger partial charge in [-0.3, -0.25) is 0 Å². The predicted molar refractivity (Wildman–Crippen MR) is 76.4 cm³/mol. The number of rotatable bonds is 9. The maximum Gasteiger partial charge on any atom is 0.0781 e. The number of methoxy groups -OCH3 is 1. The lowest BCUT2D eigenvalue weighted by Gasteiger charge is -2.16. The van der Waals surface area contributed by atoms with Crippen molar-refractivity contribution in [2.75, 3.05) is 26.9 Å². The van der Waals surface area contributed by atoms with E-state index in [0.717, 1.165) is 6.42 Å². The zero-order valence-corrected chi connectivity index (χ0v) is 13.3. The molecule has 4 atom stereocenters. The fourth-order valence-corrected chi connectivity index (χ4v) is 0.871. The molecular weight excluding hydrogens is 248 g/mol. The minimum atomic E-state index is -0.447. The summed E-state index contributed by atoms with van der Waals surface area (Å²) in [5.74, 6) is 0. The van der Waals surface area contributed by atoms with Crippen LogP contribution in [0, 0.1) is 0 Å². The smallest absolute Gasteiger partial charge is 0.0781 e. The molecule has 5 nitrogen and oxygen atoms in total. The molecule has 0 saturated carbocycles. The van der Waals surface area contributed by atoms with Crippen molar-refractivity contribution in [3.8, 4) is 0 Å². The summed E-state index contributed by atoms with van der Waals surface area (Å²) in [7, 11) is 1.73. The molecule has 0 rings (SSSR count). The third kappa shape index (κ3) is 17.8. The lowest BCUT2D eigenvalue weighted by atomic mass is 10.3. The van der Waals surface area contributed by atoms with E-state index in [0.29, 0.717) is 19.3 Å². The lowest BCUT2D eigenvalue weighted by Crippen LogP contribution is -2.24. The second-order valence-electron chi connectivity index (χ2n) is 4.77. The van der Waals surface area contributed by atoms with E-state index in [1.807, 2.05) is 6.92 Å². The van der Waals surface area contributed by atoms with E-state index in [4.69, 9.17) is 24.4 Å². The number of ether oxygens (including phenoxy) is 3. The Bertz CT molecular complexity index is 171. The number of hydrogen-bond acceptors (Lipinski definition) is 5. The first-order valence-corrected chi connectivity index (χ1v) is 6.92. The van der Waals surface area contributed by atoms with Crippen LogP contribution in [0.5, 0.6) is 0 Å². The van der Waals surface area contributed by atoms with Gasteiger partial charge in [-0.25, -0.2) is 0 Å². The van der Waals surface area contributed by atoms with Crippen LogP contribution >= 0.6 is 0 Å². The molecular formula is C14H32O5. The Morgan fingerprint density at radius 3 is 1.74 bits per heavy atom. The molecule has 0 saturated heterocycles. The van der Waals surface area contributed by atoms with Crippen molar-refractivity contribution in [1.82, 2.24) is 0 Å². The monoisotopic (exact) mass is 280 g/mol. The highest BCUT2D eigenvalue weighted by atomic mass is 16.5. The first-order valence-electron chi connectivity index (χ1n) is 6.92. The molecule has 0 aromatic carbocycles. The van der Waals surface area contributed by atoms with Crippen molar-refractivity contribution in [3.05, 3.63) is 0 Å². The average Bonchev–Trinajstić information content (AvgIpc) is 2.41. The van der Waals surface area contributed by atoms with Gasteiger partial charge in [-0.1, -0.05) is 6.92 Å². The minimum Gasteiger partial charge on any atom is -0.394 e. The Balaban J connectivity index is 0. The molecule has 0 bridgehead atoms. The van der Waals surface area contributed by atoms with Gasteiger partial charge in [-0.05, 0) is 34.1 Å². The van der Waals surface area contributed by atoms with Gasteiger partial charge in [0, 0.05) is 7.11 Å². The quantitative estimate of drug-likeness (QED) is 0.671. The average molecular weight is 280 g/mol. The highest BCUT2D eigenvalue weighted by molar-refractivity contribution is 4.52. The number of hydrogen-bond donors (Lipinski definition) is 2. The molecule has 0 aromatic rings. The van der Waals surface area contributed by atoms with Crippen LogP contribution in [0.25, 0.3) is 0 Å². The van der Waals surface area contributed by atoms with Crippen molar-refractivity contribution >= 4 is 0 Å². The van der Waals surface area contributed by atoms with Gasteiger partial charge < -0.3 is 24.4 Å². The van der Waals surface area contributed by atoms with Crippen molar-refractivity contribution in [3.63, 3.8) is 0 Å². The van der Waals surface area contributed by atoms with Crippen LogP contribution in [-0.2, 0) is 14.2 Å². The van der Waals surface area contributed by atoms with E-state index < -0.39 is 6.10 Å². The summed E-state index contributed by atoms with van der Waals surface area (Å²) in [6.45, 7) is 10.3. The van der Waals surface area contributed by atoms with Crippen LogP contribution in [0.4, 0.5) is 0 Å². The van der Waals surface area contributed by atoms with Gasteiger partial charge in [0.05, 0.1) is 44.2 Å². The van der Waals surface area contributed by atoms with Gasteiger partial charge in [0.1, 0.15) is 0 Å². The molecule has 0 aromatic heterocycles. The second kappa shape index (κ2) is 14.2. The van der Waals surface area contributed by atoms with Crippen LogP contribution in [0.3, 0.4) is 0 Å². The summed E-state index contributed by atoms with van der Waals surface area (Å²) in [6, 6.07) is 0. The normalized spacial score (nSPS) is 17.1. The maximum absolute atomic E-state index is 8.92. The van der Waals surface area contributed by atoms with Crippen LogP contribution in [0.2, 0.25) is 0 Å². The minimum absolute atomic E-state index is 0.0170. The highest BCUT2D eigenvalue weighted by Crippen LogP contribution is 1.97. The SMILES string of the molecule is CC(O)COC(C)COC(C)CO.CCC(C)OC. The van der Waals surface area contributed by atoms with Crippen molar-refractivity contribution < 1.29 is 24.4 Å². The molecule has 0 amide bonds. The summed E-state index contributed by atoms with van der Waals surface area (Å²) in [5, 5.41) is 17.6. The summed E-state index contributed by atoms with van der Waals surface area (Å²) < 4.78 is 15.4. The Hall–Kier alpha value is -0.200. The number of aliphatic hydroxyl groups is 2. The molecule has 4 unspecified atom stereocenters. The zero-order chi connectivity index (χ0) is 15.3. The lowest BCUT2D eigenvalue weighted by molar-refractivity contribution is -0.0620. The van der Waals surface area contributed by atoms with Crippen LogP contribution < -0.4 is 0 Å². The largest absolute Gasteiger partial charge is 0.394 e. The van der Waals surface area contributed by atoms with E-state index in [1.54, 1.807) is 21.0 Å². The molecule has 2 N–H and O–H groups in total. The molecule has 0 fully saturated rings. The summed E-state index contributed by atoms with van der Waals surface area (Å²) in [4.78, 5) is 0. The zero-order valence-electron chi connectivity index (χ0n) is 13.3. The van der Waals surface area contributed by atoms with Gasteiger partial charge in [0.2, 0.25) is 0 Å². The van der Waals surface area contributed by atoms with Gasteiger partial charge in [0.15, 0.2) is 0 Å². The third-order valence-electron chi connectivity index (χ3n) is 2.47. The molecule has 0 radical (unpaired) electrons. The fraction of sp³-hybridized carbons (Fsp3) is 1.00. The van der Waals surface area contributed by atoms with Gasteiger partial charge in [-0.2, -0.15) is 0 Å². The Labute approximate surface area is 117 Å². The molecule has 0 aliphatic carbocycles. The predicted octanol–water partition coefficient (Wildman–Crippen LogP) is 1.60. The highest BCUT2D eigenvalue weighted by Gasteiger charge is 2.06. The van der Waals surface area contributed by atoms with E-state index in [2.05, 4.69) is 13.8 Å². The molecule has 0 spiro atoms. The van der Waals surface area contributed by atoms with E-state index in [-0.39, 0.29) is 18.8 Å². The molecule has 19 heavy (non-hydrogen) atoms. The topological polar surface area (TPSA) is 68.2 Å². The van der Waals surface area contributed by atoms with E-state index in [9.17, 15) is 0 Å². The van der Waals surface area contributed by atoms with Crippen LogP contribution in [-0.4, -0.2) is 61.6 Å². The van der Waals surface area contributed by atoms with Crippen LogP contribution in [0.15, 0.2) is 0 Å².